The van der Waals surface area contributed by atoms with Crippen LogP contribution in [0, 0.1) is 25.2 Å². The molecule has 1 aromatic carbocycles. The average Bonchev–Trinajstić information content (AvgIpc) is 2.52. The molecule has 0 aliphatic rings. The maximum Gasteiger partial charge on any atom is 0.114 e. The summed E-state index contributed by atoms with van der Waals surface area (Å²) in [4.78, 5) is 5.48. The lowest BCUT2D eigenvalue weighted by molar-refractivity contribution is 0.225. The van der Waals surface area contributed by atoms with E-state index in [2.05, 4.69) is 11.1 Å². The summed E-state index contributed by atoms with van der Waals surface area (Å²) in [7, 11) is 0. The van der Waals surface area contributed by atoms with E-state index in [0.717, 1.165) is 16.2 Å². The molecular formula is C17H17ClN2OS2. The van der Waals surface area contributed by atoms with Gasteiger partial charge >= 0.3 is 0 Å². The molecule has 1 atom stereocenters. The highest BCUT2D eigenvalue weighted by Gasteiger charge is 2.12. The zero-order chi connectivity index (χ0) is 16.8. The lowest BCUT2D eigenvalue weighted by Crippen LogP contribution is -2.13. The predicted octanol–water partition coefficient (Wildman–Crippen LogP) is 4.47. The highest BCUT2D eigenvalue weighted by molar-refractivity contribution is 8.00. The van der Waals surface area contributed by atoms with E-state index in [1.807, 2.05) is 44.2 Å². The Hall–Kier alpha value is -1.19. The number of pyridine rings is 1. The summed E-state index contributed by atoms with van der Waals surface area (Å²) < 4.78 is 0. The van der Waals surface area contributed by atoms with Gasteiger partial charge in [0.25, 0.3) is 0 Å². The molecular weight excluding hydrogens is 348 g/mol. The third-order valence-electron chi connectivity index (χ3n) is 3.09. The highest BCUT2D eigenvalue weighted by atomic mass is 35.5. The van der Waals surface area contributed by atoms with Crippen LogP contribution in [-0.2, 0) is 0 Å². The van der Waals surface area contributed by atoms with Crippen molar-refractivity contribution in [3.8, 4) is 6.07 Å². The Morgan fingerprint density at radius 1 is 1.22 bits per heavy atom. The van der Waals surface area contributed by atoms with Gasteiger partial charge in [-0.15, -0.1) is 23.5 Å². The summed E-state index contributed by atoms with van der Waals surface area (Å²) in [5, 5.41) is 20.8. The number of nitrogens with zero attached hydrogens (tertiary/aromatic N) is 2. The molecule has 0 spiro atoms. The predicted molar refractivity (Wildman–Crippen MR) is 97.3 cm³/mol. The normalized spacial score (nSPS) is 12.0. The second-order valence-corrected chi connectivity index (χ2v) is 7.64. The molecule has 0 aliphatic carbocycles. The Kier molecular flexibility index (Phi) is 6.79. The minimum absolute atomic E-state index is 0.477. The van der Waals surface area contributed by atoms with Crippen molar-refractivity contribution in [3.63, 3.8) is 0 Å². The van der Waals surface area contributed by atoms with Crippen LogP contribution in [-0.4, -0.2) is 27.7 Å². The van der Waals surface area contributed by atoms with Crippen molar-refractivity contribution in [1.82, 2.24) is 4.98 Å². The molecule has 2 aromatic rings. The fourth-order valence-corrected chi connectivity index (χ4v) is 4.12. The van der Waals surface area contributed by atoms with Gasteiger partial charge in [-0.25, -0.2) is 4.98 Å². The Labute approximate surface area is 150 Å². The van der Waals surface area contributed by atoms with E-state index in [4.69, 9.17) is 11.6 Å². The molecule has 2 rings (SSSR count). The third kappa shape index (κ3) is 5.43. The maximum absolute atomic E-state index is 10.2. The number of aliphatic hydroxyl groups is 1. The molecule has 1 heterocycles. The average molecular weight is 365 g/mol. The van der Waals surface area contributed by atoms with E-state index in [0.29, 0.717) is 27.1 Å². The van der Waals surface area contributed by atoms with Gasteiger partial charge in [-0.05, 0) is 49.7 Å². The van der Waals surface area contributed by atoms with Crippen LogP contribution in [0.25, 0.3) is 0 Å². The summed E-state index contributed by atoms with van der Waals surface area (Å²) >= 11 is 8.86. The first kappa shape index (κ1) is 18.2. The first-order valence-electron chi connectivity index (χ1n) is 7.07. The van der Waals surface area contributed by atoms with Crippen LogP contribution in [0.5, 0.6) is 0 Å². The van der Waals surface area contributed by atoms with Crippen LogP contribution >= 0.6 is 35.1 Å². The topological polar surface area (TPSA) is 56.9 Å². The summed E-state index contributed by atoms with van der Waals surface area (Å²) in [6, 6.07) is 11.6. The van der Waals surface area contributed by atoms with Crippen molar-refractivity contribution in [2.24, 2.45) is 0 Å². The van der Waals surface area contributed by atoms with Crippen LogP contribution in [0.4, 0.5) is 0 Å². The summed E-state index contributed by atoms with van der Waals surface area (Å²) in [6.07, 6.45) is -0.477. The zero-order valence-electron chi connectivity index (χ0n) is 12.9. The second-order valence-electron chi connectivity index (χ2n) is 5.10. The highest BCUT2D eigenvalue weighted by Crippen LogP contribution is 2.26. The summed E-state index contributed by atoms with van der Waals surface area (Å²) in [5.74, 6) is 1.09. The van der Waals surface area contributed by atoms with Crippen molar-refractivity contribution in [2.45, 2.75) is 29.9 Å². The van der Waals surface area contributed by atoms with Crippen molar-refractivity contribution in [2.75, 3.05) is 11.5 Å². The van der Waals surface area contributed by atoms with E-state index >= 15 is 0 Å². The van der Waals surface area contributed by atoms with Crippen LogP contribution < -0.4 is 0 Å². The Morgan fingerprint density at radius 2 is 1.87 bits per heavy atom. The standard InChI is InChI=1S/C17H17ClN2OS2/c1-11-7-12(2)20-17(16(11)8-19)23-10-14(21)9-22-15-5-3-13(18)4-6-15/h3-7,14,21H,9-10H2,1-2H3/t14-/m1/s1. The number of aromatic nitrogens is 1. The van der Waals surface area contributed by atoms with Gasteiger partial charge in [0.2, 0.25) is 0 Å². The number of aryl methyl sites for hydroxylation is 2. The third-order valence-corrected chi connectivity index (χ3v) is 5.62. The molecule has 3 nitrogen and oxygen atoms in total. The Bertz CT molecular complexity index is 714. The van der Waals surface area contributed by atoms with Crippen LogP contribution in [0.2, 0.25) is 5.02 Å². The van der Waals surface area contributed by atoms with Gasteiger partial charge in [-0.1, -0.05) is 11.6 Å². The number of benzene rings is 1. The molecule has 23 heavy (non-hydrogen) atoms. The number of thioether (sulfide) groups is 2. The second kappa shape index (κ2) is 8.60. The largest absolute Gasteiger partial charge is 0.391 e. The maximum atomic E-state index is 10.2. The molecule has 0 saturated carbocycles. The number of hydrogen-bond acceptors (Lipinski definition) is 5. The SMILES string of the molecule is Cc1cc(C)c(C#N)c(SC[C@H](O)CSc2ccc(Cl)cc2)n1. The number of halogens is 1. The van der Waals surface area contributed by atoms with Gasteiger partial charge in [0.1, 0.15) is 11.1 Å². The van der Waals surface area contributed by atoms with Crippen molar-refractivity contribution >= 4 is 35.1 Å². The molecule has 6 heteroatoms. The summed E-state index contributed by atoms with van der Waals surface area (Å²) in [6.45, 7) is 3.81. The van der Waals surface area contributed by atoms with Gasteiger partial charge in [-0.3, -0.25) is 0 Å². The first-order valence-corrected chi connectivity index (χ1v) is 9.42. The number of nitriles is 1. The Morgan fingerprint density at radius 3 is 2.52 bits per heavy atom. The van der Waals surface area contributed by atoms with Crippen molar-refractivity contribution in [1.29, 1.82) is 5.26 Å². The van der Waals surface area contributed by atoms with Gasteiger partial charge in [0, 0.05) is 27.1 Å². The minimum atomic E-state index is -0.477. The van der Waals surface area contributed by atoms with Crippen LogP contribution in [0.15, 0.2) is 40.3 Å². The van der Waals surface area contributed by atoms with E-state index in [-0.39, 0.29) is 0 Å². The van der Waals surface area contributed by atoms with Gasteiger partial charge in [0.05, 0.1) is 11.7 Å². The Balaban J connectivity index is 1.91. The van der Waals surface area contributed by atoms with Gasteiger partial charge in [-0.2, -0.15) is 5.26 Å². The number of hydrogen-bond donors (Lipinski definition) is 1. The number of rotatable bonds is 6. The molecule has 1 N–H and O–H groups in total. The zero-order valence-corrected chi connectivity index (χ0v) is 15.3. The summed E-state index contributed by atoms with van der Waals surface area (Å²) in [5.41, 5.74) is 2.40. The quantitative estimate of drug-likeness (QED) is 0.766. The van der Waals surface area contributed by atoms with E-state index in [1.54, 1.807) is 11.8 Å². The van der Waals surface area contributed by atoms with Gasteiger partial charge < -0.3 is 5.11 Å². The van der Waals surface area contributed by atoms with Gasteiger partial charge in [0.15, 0.2) is 0 Å². The van der Waals surface area contributed by atoms with E-state index in [1.165, 1.54) is 11.8 Å². The smallest absolute Gasteiger partial charge is 0.114 e. The fourth-order valence-electron chi connectivity index (χ4n) is 1.99. The fraction of sp³-hybridized carbons (Fsp3) is 0.294. The first-order chi connectivity index (χ1) is 11.0. The molecule has 0 aliphatic heterocycles. The lowest BCUT2D eigenvalue weighted by atomic mass is 10.1. The van der Waals surface area contributed by atoms with Crippen molar-refractivity contribution < 1.29 is 5.11 Å². The van der Waals surface area contributed by atoms with E-state index < -0.39 is 6.10 Å². The molecule has 120 valence electrons. The minimum Gasteiger partial charge on any atom is -0.391 e. The van der Waals surface area contributed by atoms with Crippen LogP contribution in [0.3, 0.4) is 0 Å². The molecule has 0 unspecified atom stereocenters. The molecule has 1 aromatic heterocycles. The van der Waals surface area contributed by atoms with Crippen molar-refractivity contribution in [3.05, 3.63) is 52.2 Å². The molecule has 0 bridgehead atoms. The monoisotopic (exact) mass is 364 g/mol. The molecule has 0 radical (unpaired) electrons. The number of aliphatic hydroxyl groups excluding tert-OH is 1. The molecule has 0 fully saturated rings. The van der Waals surface area contributed by atoms with Crippen LogP contribution in [0.1, 0.15) is 16.8 Å². The molecule has 0 amide bonds. The lowest BCUT2D eigenvalue weighted by Gasteiger charge is -2.11. The molecule has 0 saturated heterocycles. The van der Waals surface area contributed by atoms with E-state index in [9.17, 15) is 10.4 Å².